The molecule has 0 spiro atoms. The lowest BCUT2D eigenvalue weighted by Gasteiger charge is -2.26. The Morgan fingerprint density at radius 1 is 1.25 bits per heavy atom. The first-order valence-electron chi connectivity index (χ1n) is 6.79. The molecule has 0 aromatic heterocycles. The lowest BCUT2D eigenvalue weighted by molar-refractivity contribution is -0.134. The quantitative estimate of drug-likeness (QED) is 0.792. The zero-order valence-corrected chi connectivity index (χ0v) is 13.1. The van der Waals surface area contributed by atoms with Crippen LogP contribution >= 0.6 is 15.9 Å². The van der Waals surface area contributed by atoms with Crippen molar-refractivity contribution in [1.82, 2.24) is 4.90 Å². The van der Waals surface area contributed by atoms with E-state index in [4.69, 9.17) is 4.74 Å². The summed E-state index contributed by atoms with van der Waals surface area (Å²) in [7, 11) is 0. The molecule has 0 atom stereocenters. The maximum absolute atomic E-state index is 12.0. The molecule has 1 aromatic rings. The Balaban J connectivity index is 2.01. The van der Waals surface area contributed by atoms with E-state index in [1.165, 1.54) is 13.3 Å². The van der Waals surface area contributed by atoms with Gasteiger partial charge in [0.1, 0.15) is 5.75 Å². The maximum atomic E-state index is 12.0. The van der Waals surface area contributed by atoms with E-state index in [0.717, 1.165) is 30.4 Å². The molecule has 4 nitrogen and oxygen atoms in total. The fourth-order valence-electron chi connectivity index (χ4n) is 2.28. The Morgan fingerprint density at radius 3 is 2.60 bits per heavy atom. The van der Waals surface area contributed by atoms with Crippen LogP contribution in [-0.2, 0) is 4.79 Å². The molecule has 1 aliphatic heterocycles. The molecule has 1 aliphatic rings. The van der Waals surface area contributed by atoms with Crippen molar-refractivity contribution in [3.8, 4) is 5.75 Å². The molecule has 2 rings (SSSR count). The van der Waals surface area contributed by atoms with E-state index < -0.39 is 0 Å². The number of nitrogens with zero attached hydrogens (tertiary/aromatic N) is 1. The number of hydrogen-bond donors (Lipinski definition) is 0. The smallest absolute Gasteiger partial charge is 0.260 e. The number of likely N-dealkylation sites (tertiary alicyclic amines) is 1. The molecule has 0 radical (unpaired) electrons. The molecule has 0 unspecified atom stereocenters. The highest BCUT2D eigenvalue weighted by Crippen LogP contribution is 2.24. The topological polar surface area (TPSA) is 46.6 Å². The van der Waals surface area contributed by atoms with Crippen LogP contribution in [0.2, 0.25) is 0 Å². The number of carbonyl (C=O) groups is 2. The van der Waals surface area contributed by atoms with Crippen LogP contribution in [0, 0.1) is 0 Å². The summed E-state index contributed by atoms with van der Waals surface area (Å²) in [6.07, 6.45) is 3.30. The molecule has 108 valence electrons. The minimum atomic E-state index is -0.0714. The summed E-state index contributed by atoms with van der Waals surface area (Å²) in [4.78, 5) is 25.4. The second-order valence-electron chi connectivity index (χ2n) is 4.93. The standard InChI is InChI=1S/C15H18BrNO3/c1-11(18)13-6-5-12(16)9-14(13)20-10-15(19)17-7-3-2-4-8-17/h5-6,9H,2-4,7-8,10H2,1H3. The molecule has 0 saturated carbocycles. The van der Waals surface area contributed by atoms with E-state index in [2.05, 4.69) is 15.9 Å². The van der Waals surface area contributed by atoms with Gasteiger partial charge in [-0.2, -0.15) is 0 Å². The van der Waals surface area contributed by atoms with Crippen LogP contribution in [0.1, 0.15) is 36.5 Å². The minimum Gasteiger partial charge on any atom is -0.483 e. The summed E-state index contributed by atoms with van der Waals surface area (Å²) < 4.78 is 6.37. The average Bonchev–Trinajstić information content (AvgIpc) is 2.45. The fraction of sp³-hybridized carbons (Fsp3) is 0.467. The number of rotatable bonds is 4. The maximum Gasteiger partial charge on any atom is 0.260 e. The van der Waals surface area contributed by atoms with Gasteiger partial charge in [-0.1, -0.05) is 15.9 Å². The number of piperidine rings is 1. The Bertz CT molecular complexity index is 510. The van der Waals surface area contributed by atoms with E-state index >= 15 is 0 Å². The molecule has 1 saturated heterocycles. The van der Waals surface area contributed by atoms with Crippen molar-refractivity contribution in [1.29, 1.82) is 0 Å². The lowest BCUT2D eigenvalue weighted by atomic mass is 10.1. The summed E-state index contributed by atoms with van der Waals surface area (Å²) in [5, 5.41) is 0. The van der Waals surface area contributed by atoms with Gasteiger partial charge < -0.3 is 9.64 Å². The van der Waals surface area contributed by atoms with Crippen LogP contribution in [0.25, 0.3) is 0 Å². The second-order valence-corrected chi connectivity index (χ2v) is 5.84. The third-order valence-electron chi connectivity index (χ3n) is 3.38. The lowest BCUT2D eigenvalue weighted by Crippen LogP contribution is -2.38. The van der Waals surface area contributed by atoms with E-state index in [-0.39, 0.29) is 18.3 Å². The molecule has 20 heavy (non-hydrogen) atoms. The fourth-order valence-corrected chi connectivity index (χ4v) is 2.62. The van der Waals surface area contributed by atoms with Crippen LogP contribution in [0.4, 0.5) is 0 Å². The first kappa shape index (κ1) is 15.0. The minimum absolute atomic E-state index is 0.0147. The van der Waals surface area contributed by atoms with E-state index in [9.17, 15) is 9.59 Å². The van der Waals surface area contributed by atoms with E-state index in [1.54, 1.807) is 18.2 Å². The Hall–Kier alpha value is -1.36. The van der Waals surface area contributed by atoms with Gasteiger partial charge in [-0.15, -0.1) is 0 Å². The van der Waals surface area contributed by atoms with Crippen molar-refractivity contribution >= 4 is 27.6 Å². The number of ketones is 1. The van der Waals surface area contributed by atoms with Gasteiger partial charge in [-0.3, -0.25) is 9.59 Å². The van der Waals surface area contributed by atoms with Crippen molar-refractivity contribution in [2.45, 2.75) is 26.2 Å². The zero-order valence-electron chi connectivity index (χ0n) is 11.5. The summed E-state index contributed by atoms with van der Waals surface area (Å²) in [6.45, 7) is 3.08. The molecule has 5 heteroatoms. The highest BCUT2D eigenvalue weighted by atomic mass is 79.9. The number of hydrogen-bond acceptors (Lipinski definition) is 3. The van der Waals surface area contributed by atoms with Crippen molar-refractivity contribution in [3.63, 3.8) is 0 Å². The molecule has 0 bridgehead atoms. The molecule has 1 heterocycles. The van der Waals surface area contributed by atoms with Crippen molar-refractivity contribution in [3.05, 3.63) is 28.2 Å². The van der Waals surface area contributed by atoms with Crippen LogP contribution in [0.15, 0.2) is 22.7 Å². The number of amides is 1. The van der Waals surface area contributed by atoms with Gasteiger partial charge in [0.15, 0.2) is 12.4 Å². The van der Waals surface area contributed by atoms with E-state index in [1.807, 2.05) is 4.90 Å². The first-order chi connectivity index (χ1) is 9.58. The molecule has 1 fully saturated rings. The molecule has 0 N–H and O–H groups in total. The van der Waals surface area contributed by atoms with Crippen molar-refractivity contribution < 1.29 is 14.3 Å². The number of ether oxygens (including phenoxy) is 1. The predicted molar refractivity (Wildman–Crippen MR) is 80.1 cm³/mol. The highest BCUT2D eigenvalue weighted by Gasteiger charge is 2.18. The Kier molecular flexibility index (Phi) is 5.17. The molecular formula is C15H18BrNO3. The van der Waals surface area contributed by atoms with Gasteiger partial charge in [0.05, 0.1) is 5.56 Å². The molecule has 1 aromatic carbocycles. The molecular weight excluding hydrogens is 322 g/mol. The highest BCUT2D eigenvalue weighted by molar-refractivity contribution is 9.10. The number of benzene rings is 1. The Morgan fingerprint density at radius 2 is 1.95 bits per heavy atom. The third kappa shape index (κ3) is 3.82. The van der Waals surface area contributed by atoms with Crippen molar-refractivity contribution in [2.24, 2.45) is 0 Å². The van der Waals surface area contributed by atoms with Gasteiger partial charge in [0.2, 0.25) is 0 Å². The van der Waals surface area contributed by atoms with Crippen LogP contribution in [0.3, 0.4) is 0 Å². The first-order valence-corrected chi connectivity index (χ1v) is 7.58. The second kappa shape index (κ2) is 6.88. The van der Waals surface area contributed by atoms with Crippen LogP contribution in [0.5, 0.6) is 5.75 Å². The summed E-state index contributed by atoms with van der Waals surface area (Å²) in [5.74, 6) is 0.370. The number of halogens is 1. The van der Waals surface area contributed by atoms with Crippen LogP contribution in [-0.4, -0.2) is 36.3 Å². The normalized spacial score (nSPS) is 15.0. The summed E-state index contributed by atoms with van der Waals surface area (Å²) >= 11 is 3.34. The van der Waals surface area contributed by atoms with Gasteiger partial charge in [0.25, 0.3) is 5.91 Å². The van der Waals surface area contributed by atoms with Gasteiger partial charge in [-0.05, 0) is 44.4 Å². The van der Waals surface area contributed by atoms with Crippen molar-refractivity contribution in [2.75, 3.05) is 19.7 Å². The monoisotopic (exact) mass is 339 g/mol. The van der Waals surface area contributed by atoms with Gasteiger partial charge >= 0.3 is 0 Å². The summed E-state index contributed by atoms with van der Waals surface area (Å²) in [5.41, 5.74) is 0.500. The van der Waals surface area contributed by atoms with E-state index in [0.29, 0.717) is 11.3 Å². The van der Waals surface area contributed by atoms with Gasteiger partial charge in [0, 0.05) is 17.6 Å². The summed E-state index contributed by atoms with van der Waals surface area (Å²) in [6, 6.07) is 5.21. The average molecular weight is 340 g/mol. The molecule has 0 aliphatic carbocycles. The molecule has 1 amide bonds. The number of carbonyl (C=O) groups excluding carboxylic acids is 2. The zero-order chi connectivity index (χ0) is 14.5. The predicted octanol–water partition coefficient (Wildman–Crippen LogP) is 3.04. The Labute approximate surface area is 127 Å². The van der Waals surface area contributed by atoms with Crippen LogP contribution < -0.4 is 4.74 Å². The number of Topliss-reactive ketones (excluding diaryl/α,β-unsaturated/α-hetero) is 1. The largest absolute Gasteiger partial charge is 0.483 e. The third-order valence-corrected chi connectivity index (χ3v) is 3.88. The van der Waals surface area contributed by atoms with Gasteiger partial charge in [-0.25, -0.2) is 0 Å². The SMILES string of the molecule is CC(=O)c1ccc(Br)cc1OCC(=O)N1CCCCC1.